The molecule has 3 amide bonds. The van der Waals surface area contributed by atoms with Crippen LogP contribution in [-0.2, 0) is 4.79 Å². The third-order valence-electron chi connectivity index (χ3n) is 3.12. The van der Waals surface area contributed by atoms with Crippen LogP contribution in [0, 0.1) is 0 Å². The van der Waals surface area contributed by atoms with E-state index < -0.39 is 6.03 Å². The fourth-order valence-corrected chi connectivity index (χ4v) is 2.21. The minimum Gasteiger partial charge on any atom is -0.397 e. The molecule has 1 aliphatic heterocycles. The van der Waals surface area contributed by atoms with Gasteiger partial charge in [0.25, 0.3) is 0 Å². The zero-order chi connectivity index (χ0) is 13.4. The predicted octanol–water partition coefficient (Wildman–Crippen LogP) is 1.26. The van der Waals surface area contributed by atoms with Crippen molar-refractivity contribution in [1.29, 1.82) is 0 Å². The highest BCUT2D eigenvalue weighted by molar-refractivity contribution is 6.10. The highest BCUT2D eigenvalue weighted by Crippen LogP contribution is 2.29. The van der Waals surface area contributed by atoms with Gasteiger partial charge in [-0.1, -0.05) is 12.1 Å². The molecule has 0 atom stereocenters. The highest BCUT2D eigenvalue weighted by atomic mass is 16.2. The van der Waals surface area contributed by atoms with Gasteiger partial charge in [0.15, 0.2) is 0 Å². The van der Waals surface area contributed by atoms with Crippen LogP contribution in [0.25, 0.3) is 10.9 Å². The van der Waals surface area contributed by atoms with E-state index in [-0.39, 0.29) is 12.3 Å². The van der Waals surface area contributed by atoms with Crippen LogP contribution >= 0.6 is 0 Å². The van der Waals surface area contributed by atoms with Gasteiger partial charge in [0, 0.05) is 24.5 Å². The second-order valence-electron chi connectivity index (χ2n) is 4.33. The number of anilines is 2. The number of pyridine rings is 1. The number of nitrogens with two attached hydrogens (primary N) is 1. The number of fused-ring (bicyclic) bond motifs is 1. The van der Waals surface area contributed by atoms with Crippen LogP contribution in [0.15, 0.2) is 30.5 Å². The number of aromatic nitrogens is 1. The molecule has 0 bridgehead atoms. The Morgan fingerprint density at radius 2 is 2.11 bits per heavy atom. The first-order valence-electron chi connectivity index (χ1n) is 5.91. The second-order valence-corrected chi connectivity index (χ2v) is 4.33. The minimum atomic E-state index is -0.411. The third-order valence-corrected chi connectivity index (χ3v) is 3.12. The summed E-state index contributed by atoms with van der Waals surface area (Å²) in [7, 11) is 0. The van der Waals surface area contributed by atoms with Crippen molar-refractivity contribution in [3.05, 3.63) is 30.5 Å². The van der Waals surface area contributed by atoms with Gasteiger partial charge in [-0.25, -0.2) is 4.79 Å². The molecule has 3 rings (SSSR count). The molecule has 1 aliphatic rings. The van der Waals surface area contributed by atoms with Gasteiger partial charge in [-0.05, 0) is 12.1 Å². The number of carbonyl (C=O) groups is 2. The summed E-state index contributed by atoms with van der Waals surface area (Å²) >= 11 is 0. The number of nitrogens with zero attached hydrogens (tertiary/aromatic N) is 2. The molecule has 0 radical (unpaired) electrons. The van der Waals surface area contributed by atoms with Gasteiger partial charge >= 0.3 is 6.03 Å². The molecule has 1 fully saturated rings. The van der Waals surface area contributed by atoms with Crippen molar-refractivity contribution in [1.82, 2.24) is 10.3 Å². The lowest BCUT2D eigenvalue weighted by Gasteiger charge is -2.27. The molecular weight excluding hydrogens is 244 g/mol. The summed E-state index contributed by atoms with van der Waals surface area (Å²) in [6, 6.07) is 6.77. The predicted molar refractivity (Wildman–Crippen MR) is 71.7 cm³/mol. The normalized spacial score (nSPS) is 15.7. The zero-order valence-corrected chi connectivity index (χ0v) is 10.1. The van der Waals surface area contributed by atoms with Gasteiger partial charge in [-0.2, -0.15) is 0 Å². The van der Waals surface area contributed by atoms with Crippen molar-refractivity contribution in [2.45, 2.75) is 6.42 Å². The topological polar surface area (TPSA) is 88.3 Å². The minimum absolute atomic E-state index is 0.251. The van der Waals surface area contributed by atoms with Gasteiger partial charge in [0.05, 0.1) is 16.9 Å². The van der Waals surface area contributed by atoms with Crippen LogP contribution < -0.4 is 16.0 Å². The van der Waals surface area contributed by atoms with E-state index in [1.54, 1.807) is 18.3 Å². The Balaban J connectivity index is 2.13. The molecule has 19 heavy (non-hydrogen) atoms. The molecule has 0 spiro atoms. The Labute approximate surface area is 109 Å². The Morgan fingerprint density at radius 1 is 1.26 bits per heavy atom. The molecule has 1 saturated heterocycles. The van der Waals surface area contributed by atoms with E-state index in [0.29, 0.717) is 23.4 Å². The maximum atomic E-state index is 11.9. The van der Waals surface area contributed by atoms with Crippen molar-refractivity contribution in [2.75, 3.05) is 17.2 Å². The smallest absolute Gasteiger partial charge is 0.328 e. The van der Waals surface area contributed by atoms with Crippen LogP contribution in [0.5, 0.6) is 0 Å². The van der Waals surface area contributed by atoms with Crippen LogP contribution in [0.4, 0.5) is 16.2 Å². The third kappa shape index (κ3) is 1.87. The summed E-state index contributed by atoms with van der Waals surface area (Å²) in [5.41, 5.74) is 7.81. The second kappa shape index (κ2) is 4.24. The molecule has 1 aromatic carbocycles. The summed E-state index contributed by atoms with van der Waals surface area (Å²) in [4.78, 5) is 28.8. The van der Waals surface area contributed by atoms with Gasteiger partial charge in [0.1, 0.15) is 0 Å². The van der Waals surface area contributed by atoms with Crippen molar-refractivity contribution in [2.24, 2.45) is 0 Å². The fourth-order valence-electron chi connectivity index (χ4n) is 2.21. The number of benzene rings is 1. The zero-order valence-electron chi connectivity index (χ0n) is 10.1. The molecule has 2 aromatic rings. The van der Waals surface area contributed by atoms with Gasteiger partial charge in [0.2, 0.25) is 5.91 Å². The summed E-state index contributed by atoms with van der Waals surface area (Å²) in [5.74, 6) is -0.251. The quantitative estimate of drug-likeness (QED) is 0.752. The summed E-state index contributed by atoms with van der Waals surface area (Å²) < 4.78 is 0. The summed E-state index contributed by atoms with van der Waals surface area (Å²) in [5, 5.41) is 3.10. The van der Waals surface area contributed by atoms with Gasteiger partial charge in [-0.3, -0.25) is 20.0 Å². The number of hydrogen-bond acceptors (Lipinski definition) is 4. The van der Waals surface area contributed by atoms with Crippen LogP contribution in [0.2, 0.25) is 0 Å². The van der Waals surface area contributed by atoms with E-state index in [4.69, 9.17) is 5.73 Å². The van der Waals surface area contributed by atoms with Crippen molar-refractivity contribution in [3.8, 4) is 0 Å². The maximum Gasteiger partial charge on any atom is 0.328 e. The SMILES string of the molecule is Nc1cccc2c(N3CCC(=O)NC3=O)ccnc12. The number of urea groups is 1. The van der Waals surface area contributed by atoms with E-state index in [2.05, 4.69) is 10.3 Å². The number of hydrogen-bond donors (Lipinski definition) is 2. The number of rotatable bonds is 1. The Bertz CT molecular complexity index is 683. The molecule has 3 N–H and O–H groups in total. The number of imide groups is 1. The average molecular weight is 256 g/mol. The number of para-hydroxylation sites is 1. The first kappa shape index (κ1) is 11.5. The molecular formula is C13H12N4O2. The summed E-state index contributed by atoms with van der Waals surface area (Å²) in [6.45, 7) is 0.360. The van der Waals surface area contributed by atoms with Crippen molar-refractivity contribution >= 4 is 34.2 Å². The number of nitrogen functional groups attached to an aromatic ring is 1. The summed E-state index contributed by atoms with van der Waals surface area (Å²) in [6.07, 6.45) is 1.90. The molecule has 0 saturated carbocycles. The number of carbonyl (C=O) groups excluding carboxylic acids is 2. The molecule has 0 aliphatic carbocycles. The molecule has 1 aromatic heterocycles. The Morgan fingerprint density at radius 3 is 2.89 bits per heavy atom. The average Bonchev–Trinajstić information content (AvgIpc) is 2.39. The lowest BCUT2D eigenvalue weighted by molar-refractivity contribution is -0.120. The van der Waals surface area contributed by atoms with Gasteiger partial charge in [-0.15, -0.1) is 0 Å². The highest BCUT2D eigenvalue weighted by Gasteiger charge is 2.25. The molecule has 6 nitrogen and oxygen atoms in total. The lowest BCUT2D eigenvalue weighted by atomic mass is 10.1. The van der Waals surface area contributed by atoms with Crippen molar-refractivity contribution in [3.63, 3.8) is 0 Å². The van der Waals surface area contributed by atoms with Crippen molar-refractivity contribution < 1.29 is 9.59 Å². The first-order valence-corrected chi connectivity index (χ1v) is 5.91. The maximum absolute atomic E-state index is 11.9. The first-order chi connectivity index (χ1) is 9.16. The molecule has 6 heteroatoms. The van der Waals surface area contributed by atoms with E-state index in [0.717, 1.165) is 5.39 Å². The van der Waals surface area contributed by atoms with E-state index in [1.807, 2.05) is 12.1 Å². The van der Waals surface area contributed by atoms with Gasteiger partial charge < -0.3 is 5.73 Å². The van der Waals surface area contributed by atoms with E-state index >= 15 is 0 Å². The van der Waals surface area contributed by atoms with Crippen LogP contribution in [0.3, 0.4) is 0 Å². The van der Waals surface area contributed by atoms with Crippen LogP contribution in [0.1, 0.15) is 6.42 Å². The fraction of sp³-hybridized carbons (Fsp3) is 0.154. The Kier molecular flexibility index (Phi) is 2.56. The van der Waals surface area contributed by atoms with Crippen LogP contribution in [-0.4, -0.2) is 23.5 Å². The molecule has 0 unspecified atom stereocenters. The largest absolute Gasteiger partial charge is 0.397 e. The number of nitrogens with one attached hydrogen (secondary N) is 1. The number of amides is 3. The Hall–Kier alpha value is -2.63. The molecule has 2 heterocycles. The molecule has 96 valence electrons. The monoisotopic (exact) mass is 256 g/mol. The van der Waals surface area contributed by atoms with E-state index in [9.17, 15) is 9.59 Å². The van der Waals surface area contributed by atoms with E-state index in [1.165, 1.54) is 4.90 Å². The standard InChI is InChI=1S/C13H12N4O2/c14-9-3-1-2-8-10(4-6-15-12(8)9)17-7-5-11(18)16-13(17)19/h1-4,6H,5,7,14H2,(H,16,18,19). The lowest BCUT2D eigenvalue weighted by Crippen LogP contribution is -2.49.